The number of hydrogen-bond donors (Lipinski definition) is 0. The van der Waals surface area contributed by atoms with Gasteiger partial charge in [-0.3, -0.25) is 9.59 Å². The summed E-state index contributed by atoms with van der Waals surface area (Å²) in [5.41, 5.74) is 1.49. The van der Waals surface area contributed by atoms with Gasteiger partial charge in [-0.1, -0.05) is 62.6 Å². The summed E-state index contributed by atoms with van der Waals surface area (Å²) in [4.78, 5) is 24.2. The molecule has 0 bridgehead atoms. The molecular weight excluding hydrogens is 292 g/mol. The van der Waals surface area contributed by atoms with Crippen LogP contribution in [0.1, 0.15) is 44.6 Å². The van der Waals surface area contributed by atoms with Crippen LogP contribution < -0.4 is 0 Å². The van der Waals surface area contributed by atoms with Crippen molar-refractivity contribution in [3.63, 3.8) is 0 Å². The molecule has 0 atom stereocenters. The van der Waals surface area contributed by atoms with Gasteiger partial charge in [-0.25, -0.2) is 0 Å². The van der Waals surface area contributed by atoms with Gasteiger partial charge in [-0.05, 0) is 24.0 Å². The van der Waals surface area contributed by atoms with Crippen molar-refractivity contribution in [1.29, 1.82) is 0 Å². The molecule has 1 rings (SSSR count). The van der Waals surface area contributed by atoms with Gasteiger partial charge in [0.2, 0.25) is 0 Å². The van der Waals surface area contributed by atoms with Crippen LogP contribution in [0.25, 0.3) is 5.57 Å². The average Bonchev–Trinajstić information content (AvgIpc) is 2.60. The summed E-state index contributed by atoms with van der Waals surface area (Å²) in [6.07, 6.45) is 7.29. The summed E-state index contributed by atoms with van der Waals surface area (Å²) in [5.74, 6) is -2.24. The highest BCUT2D eigenvalue weighted by molar-refractivity contribution is 6.06. The lowest BCUT2D eigenvalue weighted by molar-refractivity contribution is -0.155. The van der Waals surface area contributed by atoms with Crippen molar-refractivity contribution in [2.24, 2.45) is 5.92 Å². The molecule has 0 fully saturated rings. The van der Waals surface area contributed by atoms with E-state index in [1.165, 1.54) is 27.1 Å². The summed E-state index contributed by atoms with van der Waals surface area (Å²) in [5, 5.41) is 0. The van der Waals surface area contributed by atoms with Crippen molar-refractivity contribution in [3.8, 4) is 0 Å². The maximum absolute atomic E-state index is 12.1. The number of carbonyl (C=O) groups excluding carboxylic acids is 2. The largest absolute Gasteiger partial charge is 0.468 e. The van der Waals surface area contributed by atoms with E-state index >= 15 is 0 Å². The average molecular weight is 318 g/mol. The molecular formula is C19H26O4. The maximum Gasteiger partial charge on any atom is 0.324 e. The Bertz CT molecular complexity index is 503. The van der Waals surface area contributed by atoms with E-state index in [1.807, 2.05) is 36.4 Å². The van der Waals surface area contributed by atoms with Gasteiger partial charge < -0.3 is 9.47 Å². The van der Waals surface area contributed by atoms with E-state index < -0.39 is 17.9 Å². The Hall–Kier alpha value is -2.10. The monoisotopic (exact) mass is 318 g/mol. The molecule has 0 aliphatic rings. The molecule has 4 nitrogen and oxygen atoms in total. The second-order valence-electron chi connectivity index (χ2n) is 5.35. The number of rotatable bonds is 9. The number of methoxy groups -OCH3 is 2. The lowest BCUT2D eigenvalue weighted by Gasteiger charge is -2.17. The first-order chi connectivity index (χ1) is 11.2. The Morgan fingerprint density at radius 3 is 2.13 bits per heavy atom. The third-order valence-corrected chi connectivity index (χ3v) is 3.71. The molecule has 0 saturated carbocycles. The first-order valence-corrected chi connectivity index (χ1v) is 8.06. The highest BCUT2D eigenvalue weighted by Gasteiger charge is 2.33. The van der Waals surface area contributed by atoms with Crippen LogP contribution in [0, 0.1) is 5.92 Å². The van der Waals surface area contributed by atoms with Crippen molar-refractivity contribution < 1.29 is 19.1 Å². The van der Waals surface area contributed by atoms with E-state index in [-0.39, 0.29) is 0 Å². The van der Waals surface area contributed by atoms with E-state index in [9.17, 15) is 9.59 Å². The van der Waals surface area contributed by atoms with E-state index in [0.717, 1.165) is 24.8 Å². The van der Waals surface area contributed by atoms with Crippen molar-refractivity contribution in [2.75, 3.05) is 14.2 Å². The molecule has 0 amide bonds. The van der Waals surface area contributed by atoms with E-state index in [4.69, 9.17) is 9.47 Å². The number of hydrogen-bond acceptors (Lipinski definition) is 4. The molecule has 0 spiro atoms. The molecule has 0 aromatic heterocycles. The first-order valence-electron chi connectivity index (χ1n) is 8.06. The predicted octanol–water partition coefficient (Wildman–Crippen LogP) is 4.00. The number of esters is 2. The van der Waals surface area contributed by atoms with Crippen LogP contribution in [0.3, 0.4) is 0 Å². The normalized spacial score (nSPS) is 11.4. The molecule has 0 unspecified atom stereocenters. The van der Waals surface area contributed by atoms with Crippen molar-refractivity contribution in [3.05, 3.63) is 42.0 Å². The van der Waals surface area contributed by atoms with E-state index in [1.54, 1.807) is 0 Å². The third-order valence-electron chi connectivity index (χ3n) is 3.71. The molecule has 0 saturated heterocycles. The lowest BCUT2D eigenvalue weighted by Crippen LogP contribution is -2.27. The summed E-state index contributed by atoms with van der Waals surface area (Å²) in [6.45, 7) is 2.16. The summed E-state index contributed by atoms with van der Waals surface area (Å²) >= 11 is 0. The number of benzene rings is 1. The molecule has 0 aliphatic carbocycles. The van der Waals surface area contributed by atoms with Crippen LogP contribution in [0.4, 0.5) is 0 Å². The standard InChI is InChI=1S/C19H26O4/c1-4-5-6-7-11-14-16(15-12-9-8-10-13-15)17(18(20)22-2)19(21)23-3/h8-10,12-14,17H,4-7,11H2,1-3H3/b16-14+. The van der Waals surface area contributed by atoms with Gasteiger partial charge >= 0.3 is 11.9 Å². The number of allylic oxidation sites excluding steroid dienone is 1. The second-order valence-corrected chi connectivity index (χ2v) is 5.35. The van der Waals surface area contributed by atoms with Crippen LogP contribution in [0.15, 0.2) is 36.4 Å². The van der Waals surface area contributed by atoms with E-state index in [0.29, 0.717) is 5.57 Å². The van der Waals surface area contributed by atoms with Crippen LogP contribution in [-0.4, -0.2) is 26.2 Å². The van der Waals surface area contributed by atoms with Gasteiger partial charge in [0, 0.05) is 0 Å². The van der Waals surface area contributed by atoms with Crippen LogP contribution in [-0.2, 0) is 19.1 Å². The summed E-state index contributed by atoms with van der Waals surface area (Å²) in [7, 11) is 2.56. The maximum atomic E-state index is 12.1. The van der Waals surface area contributed by atoms with Crippen molar-refractivity contribution in [2.45, 2.75) is 39.0 Å². The smallest absolute Gasteiger partial charge is 0.324 e. The number of ether oxygens (including phenoxy) is 2. The Morgan fingerprint density at radius 1 is 1.00 bits per heavy atom. The Labute approximate surface area is 138 Å². The molecule has 4 heteroatoms. The van der Waals surface area contributed by atoms with E-state index in [2.05, 4.69) is 6.92 Å². The Balaban J connectivity index is 3.07. The fourth-order valence-corrected chi connectivity index (χ4v) is 2.45. The first kappa shape index (κ1) is 18.9. The van der Waals surface area contributed by atoms with Gasteiger partial charge in [0.05, 0.1) is 14.2 Å². The topological polar surface area (TPSA) is 52.6 Å². The molecule has 0 aliphatic heterocycles. The molecule has 0 N–H and O–H groups in total. The quantitative estimate of drug-likeness (QED) is 0.392. The fraction of sp³-hybridized carbons (Fsp3) is 0.474. The molecule has 1 aromatic rings. The highest BCUT2D eigenvalue weighted by Crippen LogP contribution is 2.27. The lowest BCUT2D eigenvalue weighted by atomic mass is 9.91. The Kier molecular flexibility index (Phi) is 8.73. The van der Waals surface area contributed by atoms with Gasteiger partial charge in [0.25, 0.3) is 0 Å². The number of unbranched alkanes of at least 4 members (excludes halogenated alkanes) is 4. The van der Waals surface area contributed by atoms with Gasteiger partial charge in [0.15, 0.2) is 5.92 Å². The minimum absolute atomic E-state index is 0.597. The minimum atomic E-state index is -1.04. The van der Waals surface area contributed by atoms with Crippen LogP contribution >= 0.6 is 0 Å². The minimum Gasteiger partial charge on any atom is -0.468 e. The highest BCUT2D eigenvalue weighted by atomic mass is 16.5. The molecule has 126 valence electrons. The van der Waals surface area contributed by atoms with Gasteiger partial charge in [-0.2, -0.15) is 0 Å². The summed E-state index contributed by atoms with van der Waals surface area (Å²) < 4.78 is 9.60. The zero-order valence-corrected chi connectivity index (χ0v) is 14.2. The molecule has 1 aromatic carbocycles. The van der Waals surface area contributed by atoms with Gasteiger partial charge in [0.1, 0.15) is 0 Å². The zero-order valence-electron chi connectivity index (χ0n) is 14.2. The van der Waals surface area contributed by atoms with Crippen LogP contribution in [0.2, 0.25) is 0 Å². The zero-order chi connectivity index (χ0) is 17.1. The molecule has 23 heavy (non-hydrogen) atoms. The van der Waals surface area contributed by atoms with Crippen molar-refractivity contribution >= 4 is 17.5 Å². The second kappa shape index (κ2) is 10.6. The summed E-state index contributed by atoms with van der Waals surface area (Å²) in [6, 6.07) is 9.43. The molecule has 0 heterocycles. The molecule has 0 radical (unpaired) electrons. The Morgan fingerprint density at radius 2 is 1.61 bits per heavy atom. The third kappa shape index (κ3) is 5.89. The SMILES string of the molecule is CCCCCC/C=C(\c1ccccc1)C(C(=O)OC)C(=O)OC. The predicted molar refractivity (Wildman–Crippen MR) is 90.7 cm³/mol. The van der Waals surface area contributed by atoms with Crippen molar-refractivity contribution in [1.82, 2.24) is 0 Å². The fourth-order valence-electron chi connectivity index (χ4n) is 2.45. The van der Waals surface area contributed by atoms with Crippen LogP contribution in [0.5, 0.6) is 0 Å². The number of carbonyl (C=O) groups is 2. The van der Waals surface area contributed by atoms with Gasteiger partial charge in [-0.15, -0.1) is 0 Å².